The summed E-state index contributed by atoms with van der Waals surface area (Å²) in [5.74, 6) is 1.42. The van der Waals surface area contributed by atoms with Gasteiger partial charge in [-0.05, 0) is 6.42 Å². The van der Waals surface area contributed by atoms with Crippen LogP contribution in [0.15, 0.2) is 6.20 Å². The third-order valence-corrected chi connectivity index (χ3v) is 1.90. The van der Waals surface area contributed by atoms with Gasteiger partial charge in [0.05, 0.1) is 18.5 Å². The summed E-state index contributed by atoms with van der Waals surface area (Å²) in [6, 6.07) is 0. The van der Waals surface area contributed by atoms with Crippen LogP contribution in [0.3, 0.4) is 0 Å². The molecule has 0 aliphatic rings. The second-order valence-electron chi connectivity index (χ2n) is 2.76. The van der Waals surface area contributed by atoms with E-state index in [4.69, 9.17) is 5.11 Å². The number of hydrogen-bond donors (Lipinski definition) is 2. The largest absolute Gasteiger partial charge is 0.390 e. The molecule has 1 aromatic heterocycles. The molecule has 0 amide bonds. The minimum Gasteiger partial charge on any atom is -0.390 e. The predicted octanol–water partition coefficient (Wildman–Crippen LogP) is 1.42. The summed E-state index contributed by atoms with van der Waals surface area (Å²) in [5, 5.41) is 8.73. The third-order valence-electron chi connectivity index (χ3n) is 1.90. The maximum Gasteiger partial charge on any atom is 0.109 e. The van der Waals surface area contributed by atoms with Crippen LogP contribution in [0.5, 0.6) is 0 Å². The van der Waals surface area contributed by atoms with Gasteiger partial charge in [0.25, 0.3) is 0 Å². The SMILES string of the molecule is CCC(C)c1ncc(CO)[nH]1. The molecular formula is C8H14N2O. The highest BCUT2D eigenvalue weighted by atomic mass is 16.3. The van der Waals surface area contributed by atoms with Gasteiger partial charge in [-0.25, -0.2) is 4.98 Å². The smallest absolute Gasteiger partial charge is 0.109 e. The molecule has 0 fully saturated rings. The summed E-state index contributed by atoms with van der Waals surface area (Å²) in [5.41, 5.74) is 0.792. The molecular weight excluding hydrogens is 140 g/mol. The summed E-state index contributed by atoms with van der Waals surface area (Å²) in [6.45, 7) is 4.27. The maximum absolute atomic E-state index is 8.73. The summed E-state index contributed by atoms with van der Waals surface area (Å²) in [6.07, 6.45) is 2.75. The van der Waals surface area contributed by atoms with Crippen LogP contribution in [0.2, 0.25) is 0 Å². The van der Waals surface area contributed by atoms with E-state index in [1.165, 1.54) is 0 Å². The Labute approximate surface area is 66.5 Å². The van der Waals surface area contributed by atoms with Crippen LogP contribution in [-0.2, 0) is 6.61 Å². The van der Waals surface area contributed by atoms with E-state index in [2.05, 4.69) is 23.8 Å². The van der Waals surface area contributed by atoms with Crippen LogP contribution in [0.25, 0.3) is 0 Å². The standard InChI is InChI=1S/C8H14N2O/c1-3-6(2)8-9-4-7(5-11)10-8/h4,6,11H,3,5H2,1-2H3,(H,9,10). The van der Waals surface area contributed by atoms with Gasteiger partial charge in [-0.3, -0.25) is 0 Å². The summed E-state index contributed by atoms with van der Waals surface area (Å²) in [7, 11) is 0. The molecule has 0 spiro atoms. The van der Waals surface area contributed by atoms with Crippen molar-refractivity contribution in [3.05, 3.63) is 17.7 Å². The van der Waals surface area contributed by atoms with E-state index in [0.29, 0.717) is 5.92 Å². The predicted molar refractivity (Wildman–Crippen MR) is 43.2 cm³/mol. The Balaban J connectivity index is 2.71. The number of aromatic nitrogens is 2. The first kappa shape index (κ1) is 8.27. The minimum absolute atomic E-state index is 0.0451. The molecule has 1 unspecified atom stereocenters. The number of nitrogens with one attached hydrogen (secondary N) is 1. The lowest BCUT2D eigenvalue weighted by molar-refractivity contribution is 0.277. The van der Waals surface area contributed by atoms with Gasteiger partial charge in [0.15, 0.2) is 0 Å². The van der Waals surface area contributed by atoms with Crippen LogP contribution >= 0.6 is 0 Å². The van der Waals surface area contributed by atoms with Crippen LogP contribution in [0.1, 0.15) is 37.7 Å². The molecule has 0 aromatic carbocycles. The van der Waals surface area contributed by atoms with Crippen LogP contribution in [-0.4, -0.2) is 15.1 Å². The van der Waals surface area contributed by atoms with E-state index < -0.39 is 0 Å². The molecule has 3 nitrogen and oxygen atoms in total. The third kappa shape index (κ3) is 1.80. The van der Waals surface area contributed by atoms with Gasteiger partial charge in [0.2, 0.25) is 0 Å². The quantitative estimate of drug-likeness (QED) is 0.691. The maximum atomic E-state index is 8.73. The summed E-state index contributed by atoms with van der Waals surface area (Å²) in [4.78, 5) is 7.19. The number of H-pyrrole nitrogens is 1. The van der Waals surface area contributed by atoms with Gasteiger partial charge >= 0.3 is 0 Å². The highest BCUT2D eigenvalue weighted by Gasteiger charge is 2.05. The molecule has 0 bridgehead atoms. The number of imidazole rings is 1. The zero-order chi connectivity index (χ0) is 8.27. The first-order chi connectivity index (χ1) is 5.27. The molecule has 1 aromatic rings. The van der Waals surface area contributed by atoms with E-state index in [-0.39, 0.29) is 6.61 Å². The van der Waals surface area contributed by atoms with Crippen molar-refractivity contribution in [3.63, 3.8) is 0 Å². The Morgan fingerprint density at radius 3 is 2.91 bits per heavy atom. The van der Waals surface area contributed by atoms with Gasteiger partial charge in [-0.15, -0.1) is 0 Å². The number of hydrogen-bond acceptors (Lipinski definition) is 2. The van der Waals surface area contributed by atoms with Crippen LogP contribution in [0.4, 0.5) is 0 Å². The fourth-order valence-corrected chi connectivity index (χ4v) is 0.901. The van der Waals surface area contributed by atoms with Crippen molar-refractivity contribution >= 4 is 0 Å². The van der Waals surface area contributed by atoms with E-state index in [0.717, 1.165) is 17.9 Å². The zero-order valence-corrected chi connectivity index (χ0v) is 6.96. The van der Waals surface area contributed by atoms with Crippen molar-refractivity contribution in [3.8, 4) is 0 Å². The Hall–Kier alpha value is -0.830. The molecule has 0 saturated heterocycles. The van der Waals surface area contributed by atoms with E-state index >= 15 is 0 Å². The van der Waals surface area contributed by atoms with Gasteiger partial charge in [-0.2, -0.15) is 0 Å². The number of rotatable bonds is 3. The fraction of sp³-hybridized carbons (Fsp3) is 0.625. The number of aromatic amines is 1. The second kappa shape index (κ2) is 3.53. The number of aliphatic hydroxyl groups excluding tert-OH is 1. The average molecular weight is 154 g/mol. The second-order valence-corrected chi connectivity index (χ2v) is 2.76. The molecule has 0 aliphatic carbocycles. The summed E-state index contributed by atoms with van der Waals surface area (Å²) >= 11 is 0. The van der Waals surface area contributed by atoms with E-state index in [1.54, 1.807) is 6.20 Å². The first-order valence-electron chi connectivity index (χ1n) is 3.92. The lowest BCUT2D eigenvalue weighted by Gasteiger charge is -2.02. The Bertz CT molecular complexity index is 220. The number of aliphatic hydroxyl groups is 1. The molecule has 1 rings (SSSR count). The van der Waals surface area contributed by atoms with Crippen molar-refractivity contribution in [2.75, 3.05) is 0 Å². The summed E-state index contributed by atoms with van der Waals surface area (Å²) < 4.78 is 0. The topological polar surface area (TPSA) is 48.9 Å². The molecule has 0 saturated carbocycles. The lowest BCUT2D eigenvalue weighted by atomic mass is 10.1. The Morgan fingerprint density at radius 1 is 1.73 bits per heavy atom. The fourth-order valence-electron chi connectivity index (χ4n) is 0.901. The Morgan fingerprint density at radius 2 is 2.45 bits per heavy atom. The van der Waals surface area contributed by atoms with Crippen molar-refractivity contribution in [2.45, 2.75) is 32.8 Å². The molecule has 62 valence electrons. The first-order valence-corrected chi connectivity index (χ1v) is 3.92. The molecule has 0 aliphatic heterocycles. The van der Waals surface area contributed by atoms with Gasteiger partial charge in [-0.1, -0.05) is 13.8 Å². The molecule has 2 N–H and O–H groups in total. The molecule has 1 heterocycles. The van der Waals surface area contributed by atoms with Gasteiger partial charge < -0.3 is 10.1 Å². The monoisotopic (exact) mass is 154 g/mol. The van der Waals surface area contributed by atoms with Crippen molar-refractivity contribution in [1.29, 1.82) is 0 Å². The number of nitrogens with zero attached hydrogens (tertiary/aromatic N) is 1. The lowest BCUT2D eigenvalue weighted by Crippen LogP contribution is -1.94. The van der Waals surface area contributed by atoms with Crippen LogP contribution in [0, 0.1) is 0 Å². The van der Waals surface area contributed by atoms with E-state index in [1.807, 2.05) is 0 Å². The van der Waals surface area contributed by atoms with Gasteiger partial charge in [0.1, 0.15) is 5.82 Å². The molecule has 0 radical (unpaired) electrons. The molecule has 1 atom stereocenters. The van der Waals surface area contributed by atoms with E-state index in [9.17, 15) is 0 Å². The van der Waals surface area contributed by atoms with Gasteiger partial charge in [0, 0.05) is 5.92 Å². The van der Waals surface area contributed by atoms with Crippen molar-refractivity contribution < 1.29 is 5.11 Å². The van der Waals surface area contributed by atoms with Crippen molar-refractivity contribution in [2.24, 2.45) is 0 Å². The normalized spacial score (nSPS) is 13.4. The molecule has 11 heavy (non-hydrogen) atoms. The Kier molecular flexibility index (Phi) is 2.65. The van der Waals surface area contributed by atoms with Crippen LogP contribution < -0.4 is 0 Å². The highest BCUT2D eigenvalue weighted by Crippen LogP contribution is 2.14. The zero-order valence-electron chi connectivity index (χ0n) is 6.96. The van der Waals surface area contributed by atoms with Crippen molar-refractivity contribution in [1.82, 2.24) is 9.97 Å². The minimum atomic E-state index is 0.0451. The highest BCUT2D eigenvalue weighted by molar-refractivity contribution is 5.03. The average Bonchev–Trinajstić information content (AvgIpc) is 2.50. The molecule has 3 heteroatoms.